The molecule has 1 spiro atoms. The molecule has 0 radical (unpaired) electrons. The Morgan fingerprint density at radius 2 is 1.83 bits per heavy atom. The zero-order valence-corrected chi connectivity index (χ0v) is 12.2. The van der Waals surface area contributed by atoms with E-state index >= 15 is 0 Å². The van der Waals surface area contributed by atoms with Gasteiger partial charge in [0, 0.05) is 18.5 Å². The van der Waals surface area contributed by atoms with Crippen LogP contribution in [0.3, 0.4) is 0 Å². The smallest absolute Gasteiger partial charge is 0.181 e. The van der Waals surface area contributed by atoms with Gasteiger partial charge in [0.25, 0.3) is 0 Å². The lowest BCUT2D eigenvalue weighted by Crippen LogP contribution is -2.60. The standard InChI is InChI=1S/C14H28N2O2/c1-11(15)12(13(2,3)4)16-7-5-6-14(10-16)17-8-9-18-14/h11-12H,5-10,15H2,1-4H3. The highest BCUT2D eigenvalue weighted by molar-refractivity contribution is 4.94. The summed E-state index contributed by atoms with van der Waals surface area (Å²) in [7, 11) is 0. The van der Waals surface area contributed by atoms with E-state index in [1.54, 1.807) is 0 Å². The number of piperidine rings is 1. The van der Waals surface area contributed by atoms with Crippen LogP contribution >= 0.6 is 0 Å². The highest BCUT2D eigenvalue weighted by Gasteiger charge is 2.45. The van der Waals surface area contributed by atoms with Gasteiger partial charge in [0.1, 0.15) is 0 Å². The van der Waals surface area contributed by atoms with Gasteiger partial charge in [0.15, 0.2) is 5.79 Å². The molecule has 2 atom stereocenters. The van der Waals surface area contributed by atoms with E-state index in [1.807, 2.05) is 0 Å². The molecule has 106 valence electrons. The van der Waals surface area contributed by atoms with Crippen LogP contribution in [0, 0.1) is 5.41 Å². The van der Waals surface area contributed by atoms with Crippen molar-refractivity contribution in [2.45, 2.75) is 58.4 Å². The molecule has 2 saturated heterocycles. The van der Waals surface area contributed by atoms with E-state index in [1.165, 1.54) is 0 Å². The van der Waals surface area contributed by atoms with Crippen LogP contribution in [-0.2, 0) is 9.47 Å². The van der Waals surface area contributed by atoms with Crippen LogP contribution in [0.15, 0.2) is 0 Å². The van der Waals surface area contributed by atoms with Crippen LogP contribution in [0.2, 0.25) is 0 Å². The van der Waals surface area contributed by atoms with E-state index in [0.717, 1.165) is 39.1 Å². The number of hydrogen-bond acceptors (Lipinski definition) is 4. The Labute approximate surface area is 111 Å². The first kappa shape index (κ1) is 14.3. The summed E-state index contributed by atoms with van der Waals surface area (Å²) in [6, 6.07) is 0.518. The van der Waals surface area contributed by atoms with Gasteiger partial charge >= 0.3 is 0 Å². The molecule has 2 N–H and O–H groups in total. The van der Waals surface area contributed by atoms with Crippen molar-refractivity contribution in [2.75, 3.05) is 26.3 Å². The summed E-state index contributed by atoms with van der Waals surface area (Å²) < 4.78 is 11.7. The van der Waals surface area contributed by atoms with Crippen molar-refractivity contribution < 1.29 is 9.47 Å². The molecule has 4 heteroatoms. The maximum Gasteiger partial charge on any atom is 0.181 e. The predicted molar refractivity (Wildman–Crippen MR) is 72.3 cm³/mol. The van der Waals surface area contributed by atoms with Gasteiger partial charge in [-0.05, 0) is 25.3 Å². The van der Waals surface area contributed by atoms with Crippen LogP contribution in [0.4, 0.5) is 0 Å². The molecule has 2 aliphatic heterocycles. The van der Waals surface area contributed by atoms with Crippen molar-refractivity contribution in [1.82, 2.24) is 4.90 Å². The van der Waals surface area contributed by atoms with Gasteiger partial charge in [-0.3, -0.25) is 4.90 Å². The zero-order valence-electron chi connectivity index (χ0n) is 12.2. The van der Waals surface area contributed by atoms with Gasteiger partial charge in [-0.25, -0.2) is 0 Å². The fourth-order valence-electron chi connectivity index (χ4n) is 3.66. The Hall–Kier alpha value is -0.160. The second kappa shape index (κ2) is 5.08. The summed E-state index contributed by atoms with van der Waals surface area (Å²) >= 11 is 0. The summed E-state index contributed by atoms with van der Waals surface area (Å²) in [5.74, 6) is -0.351. The summed E-state index contributed by atoms with van der Waals surface area (Å²) in [6.07, 6.45) is 2.14. The van der Waals surface area contributed by atoms with Crippen LogP contribution in [-0.4, -0.2) is 49.1 Å². The summed E-state index contributed by atoms with van der Waals surface area (Å²) in [5, 5.41) is 0. The first-order valence-corrected chi connectivity index (χ1v) is 7.12. The van der Waals surface area contributed by atoms with Crippen molar-refractivity contribution in [3.05, 3.63) is 0 Å². The molecule has 2 rings (SSSR count). The fraction of sp³-hybridized carbons (Fsp3) is 1.00. The topological polar surface area (TPSA) is 47.7 Å². The Morgan fingerprint density at radius 1 is 1.22 bits per heavy atom. The van der Waals surface area contributed by atoms with Gasteiger partial charge in [-0.15, -0.1) is 0 Å². The van der Waals surface area contributed by atoms with E-state index in [4.69, 9.17) is 15.2 Å². The maximum absolute atomic E-state index is 6.22. The number of ether oxygens (including phenoxy) is 2. The quantitative estimate of drug-likeness (QED) is 0.815. The Bertz CT molecular complexity index is 280. The SMILES string of the molecule is CC(N)C(N1CCCC2(C1)OCCO2)C(C)(C)C. The van der Waals surface area contributed by atoms with Gasteiger partial charge < -0.3 is 15.2 Å². The number of nitrogens with zero attached hydrogens (tertiary/aromatic N) is 1. The number of nitrogens with two attached hydrogens (primary N) is 1. The van der Waals surface area contributed by atoms with Crippen molar-refractivity contribution in [2.24, 2.45) is 11.1 Å². The third kappa shape index (κ3) is 2.87. The van der Waals surface area contributed by atoms with Crippen LogP contribution in [0.1, 0.15) is 40.5 Å². The first-order valence-electron chi connectivity index (χ1n) is 7.12. The number of hydrogen-bond donors (Lipinski definition) is 1. The first-order chi connectivity index (χ1) is 8.34. The number of rotatable bonds is 2. The van der Waals surface area contributed by atoms with Gasteiger partial charge in [-0.1, -0.05) is 20.8 Å². The Balaban J connectivity index is 2.11. The van der Waals surface area contributed by atoms with E-state index in [9.17, 15) is 0 Å². The lowest BCUT2D eigenvalue weighted by molar-refractivity contribution is -0.198. The molecule has 2 unspecified atom stereocenters. The zero-order chi connectivity index (χ0) is 13.4. The molecular formula is C14H28N2O2. The Morgan fingerprint density at radius 3 is 2.33 bits per heavy atom. The second-order valence-corrected chi connectivity index (χ2v) is 6.85. The molecule has 0 amide bonds. The number of likely N-dealkylation sites (tertiary alicyclic amines) is 1. The molecule has 2 fully saturated rings. The molecule has 0 aromatic heterocycles. The Kier molecular flexibility index (Phi) is 4.02. The monoisotopic (exact) mass is 256 g/mol. The van der Waals surface area contributed by atoms with Crippen LogP contribution in [0.5, 0.6) is 0 Å². The second-order valence-electron chi connectivity index (χ2n) is 6.85. The summed E-state index contributed by atoms with van der Waals surface area (Å²) in [6.45, 7) is 12.3. The molecule has 2 aliphatic rings. The minimum atomic E-state index is -0.351. The van der Waals surface area contributed by atoms with Crippen LogP contribution < -0.4 is 5.73 Å². The van der Waals surface area contributed by atoms with Gasteiger partial charge in [0.05, 0.1) is 19.8 Å². The molecule has 2 heterocycles. The van der Waals surface area contributed by atoms with E-state index < -0.39 is 0 Å². The van der Waals surface area contributed by atoms with E-state index in [-0.39, 0.29) is 17.2 Å². The highest BCUT2D eigenvalue weighted by atomic mass is 16.7. The summed E-state index contributed by atoms with van der Waals surface area (Å²) in [4.78, 5) is 2.47. The van der Waals surface area contributed by atoms with Crippen LogP contribution in [0.25, 0.3) is 0 Å². The van der Waals surface area contributed by atoms with Crippen molar-refractivity contribution in [1.29, 1.82) is 0 Å². The average Bonchev–Trinajstić information content (AvgIpc) is 2.63. The normalized spacial score (nSPS) is 28.5. The van der Waals surface area contributed by atoms with E-state index in [2.05, 4.69) is 32.6 Å². The molecule has 4 nitrogen and oxygen atoms in total. The van der Waals surface area contributed by atoms with Gasteiger partial charge in [-0.2, -0.15) is 0 Å². The van der Waals surface area contributed by atoms with Crippen molar-refractivity contribution >= 4 is 0 Å². The highest BCUT2D eigenvalue weighted by Crippen LogP contribution is 2.35. The average molecular weight is 256 g/mol. The lowest BCUT2D eigenvalue weighted by Gasteiger charge is -2.48. The maximum atomic E-state index is 6.22. The molecule has 0 aromatic carbocycles. The summed E-state index contributed by atoms with van der Waals surface area (Å²) in [5.41, 5.74) is 6.39. The molecule has 0 aliphatic carbocycles. The molecule has 0 bridgehead atoms. The lowest BCUT2D eigenvalue weighted by atomic mass is 9.80. The minimum Gasteiger partial charge on any atom is -0.346 e. The molecule has 0 saturated carbocycles. The molecular weight excluding hydrogens is 228 g/mol. The molecule has 18 heavy (non-hydrogen) atoms. The van der Waals surface area contributed by atoms with Crippen molar-refractivity contribution in [3.63, 3.8) is 0 Å². The van der Waals surface area contributed by atoms with Crippen molar-refractivity contribution in [3.8, 4) is 0 Å². The third-order valence-corrected chi connectivity index (χ3v) is 4.04. The van der Waals surface area contributed by atoms with Gasteiger partial charge in [0.2, 0.25) is 0 Å². The third-order valence-electron chi connectivity index (χ3n) is 4.04. The largest absolute Gasteiger partial charge is 0.346 e. The predicted octanol–water partition coefficient (Wildman–Crippen LogP) is 1.59. The van der Waals surface area contributed by atoms with E-state index in [0.29, 0.717) is 6.04 Å². The fourth-order valence-corrected chi connectivity index (χ4v) is 3.66. The molecule has 0 aromatic rings. The minimum absolute atomic E-state index is 0.154.